The standard InChI is InChI=1S/C18H18N2O3S2/c1-4-23-14-6-5-13(9-15(14)22-3)20-17(21)16-11(2)19-18(25-16)12-7-8-24-10-12/h5-10H,4H2,1-3H3,(H,20,21). The minimum Gasteiger partial charge on any atom is -0.493 e. The van der Waals surface area contributed by atoms with E-state index in [1.54, 1.807) is 36.6 Å². The topological polar surface area (TPSA) is 60.5 Å². The number of nitrogens with one attached hydrogen (secondary N) is 1. The zero-order valence-corrected chi connectivity index (χ0v) is 15.8. The fourth-order valence-corrected chi connectivity index (χ4v) is 4.00. The molecule has 0 saturated heterocycles. The first kappa shape index (κ1) is 17.4. The summed E-state index contributed by atoms with van der Waals surface area (Å²) in [5.74, 6) is 1.05. The maximum atomic E-state index is 12.6. The van der Waals surface area contributed by atoms with Gasteiger partial charge in [-0.2, -0.15) is 11.3 Å². The Balaban J connectivity index is 1.81. The first-order valence-corrected chi connectivity index (χ1v) is 9.50. The molecular formula is C18H18N2O3S2. The molecule has 0 radical (unpaired) electrons. The number of benzene rings is 1. The summed E-state index contributed by atoms with van der Waals surface area (Å²) in [5, 5.41) is 7.78. The van der Waals surface area contributed by atoms with Crippen molar-refractivity contribution in [2.24, 2.45) is 0 Å². The third-order valence-electron chi connectivity index (χ3n) is 3.49. The lowest BCUT2D eigenvalue weighted by Gasteiger charge is -2.11. The summed E-state index contributed by atoms with van der Waals surface area (Å²) in [6.45, 7) is 4.31. The molecule has 0 saturated carbocycles. The Labute approximate surface area is 154 Å². The number of carbonyl (C=O) groups is 1. The summed E-state index contributed by atoms with van der Waals surface area (Å²) in [6.07, 6.45) is 0. The third-order valence-corrected chi connectivity index (χ3v) is 5.38. The first-order chi connectivity index (χ1) is 12.1. The van der Waals surface area contributed by atoms with Crippen molar-refractivity contribution in [2.75, 3.05) is 19.0 Å². The van der Waals surface area contributed by atoms with Gasteiger partial charge >= 0.3 is 0 Å². The predicted molar refractivity (Wildman–Crippen MR) is 102 cm³/mol. The average molecular weight is 374 g/mol. The SMILES string of the molecule is CCOc1ccc(NC(=O)c2sc(-c3ccsc3)nc2C)cc1OC. The molecule has 3 rings (SSSR count). The molecule has 0 fully saturated rings. The maximum Gasteiger partial charge on any atom is 0.267 e. The minimum atomic E-state index is -0.178. The van der Waals surface area contributed by atoms with Gasteiger partial charge in [-0.3, -0.25) is 4.79 Å². The number of amides is 1. The van der Waals surface area contributed by atoms with Crippen molar-refractivity contribution in [3.63, 3.8) is 0 Å². The first-order valence-electron chi connectivity index (χ1n) is 7.74. The molecule has 5 nitrogen and oxygen atoms in total. The van der Waals surface area contributed by atoms with E-state index in [1.807, 2.05) is 30.7 Å². The number of thiazole rings is 1. The second-order valence-corrected chi connectivity index (χ2v) is 6.98. The van der Waals surface area contributed by atoms with Crippen LogP contribution in [-0.2, 0) is 0 Å². The van der Waals surface area contributed by atoms with E-state index >= 15 is 0 Å². The van der Waals surface area contributed by atoms with Crippen LogP contribution in [0, 0.1) is 6.92 Å². The molecule has 0 bridgehead atoms. The van der Waals surface area contributed by atoms with E-state index in [0.717, 1.165) is 16.3 Å². The zero-order chi connectivity index (χ0) is 17.8. The van der Waals surface area contributed by atoms with Gasteiger partial charge in [0.2, 0.25) is 0 Å². The van der Waals surface area contributed by atoms with Gasteiger partial charge in [-0.1, -0.05) is 0 Å². The van der Waals surface area contributed by atoms with Crippen molar-refractivity contribution in [3.05, 3.63) is 45.6 Å². The van der Waals surface area contributed by atoms with Crippen molar-refractivity contribution < 1.29 is 14.3 Å². The summed E-state index contributed by atoms with van der Waals surface area (Å²) in [7, 11) is 1.57. The largest absolute Gasteiger partial charge is 0.493 e. The maximum absolute atomic E-state index is 12.6. The lowest BCUT2D eigenvalue weighted by atomic mass is 10.2. The van der Waals surface area contributed by atoms with Crippen molar-refractivity contribution >= 4 is 34.3 Å². The van der Waals surface area contributed by atoms with Crippen molar-refractivity contribution in [1.82, 2.24) is 4.98 Å². The number of aryl methyl sites for hydroxylation is 1. The fraction of sp³-hybridized carbons (Fsp3) is 0.222. The predicted octanol–water partition coefficient (Wildman–Crippen LogP) is 4.84. The van der Waals surface area contributed by atoms with E-state index in [0.29, 0.717) is 28.7 Å². The molecule has 0 unspecified atom stereocenters. The molecule has 7 heteroatoms. The molecule has 1 amide bonds. The van der Waals surface area contributed by atoms with Crippen LogP contribution in [0.1, 0.15) is 22.3 Å². The Morgan fingerprint density at radius 1 is 1.28 bits per heavy atom. The van der Waals surface area contributed by atoms with E-state index in [4.69, 9.17) is 9.47 Å². The Bertz CT molecular complexity index is 873. The van der Waals surface area contributed by atoms with Gasteiger partial charge in [0.05, 0.1) is 19.4 Å². The quantitative estimate of drug-likeness (QED) is 0.671. The molecule has 130 valence electrons. The molecule has 0 aliphatic rings. The fourth-order valence-electron chi connectivity index (χ4n) is 2.32. The number of hydrogen-bond acceptors (Lipinski definition) is 6. The number of anilines is 1. The Kier molecular flexibility index (Phi) is 5.35. The molecule has 0 atom stereocenters. The van der Waals surface area contributed by atoms with Crippen LogP contribution in [-0.4, -0.2) is 24.6 Å². The van der Waals surface area contributed by atoms with E-state index in [9.17, 15) is 4.79 Å². The van der Waals surface area contributed by atoms with Gasteiger partial charge in [-0.05, 0) is 37.4 Å². The highest BCUT2D eigenvalue weighted by atomic mass is 32.1. The highest BCUT2D eigenvalue weighted by molar-refractivity contribution is 7.17. The average Bonchev–Trinajstić information content (AvgIpc) is 3.25. The van der Waals surface area contributed by atoms with Crippen LogP contribution >= 0.6 is 22.7 Å². The number of hydrogen-bond donors (Lipinski definition) is 1. The summed E-state index contributed by atoms with van der Waals surface area (Å²) in [5.41, 5.74) is 2.41. The van der Waals surface area contributed by atoms with Crippen molar-refractivity contribution in [3.8, 4) is 22.1 Å². The van der Waals surface area contributed by atoms with Crippen LogP contribution in [0.4, 0.5) is 5.69 Å². The molecule has 1 N–H and O–H groups in total. The van der Waals surface area contributed by atoms with Gasteiger partial charge in [-0.15, -0.1) is 11.3 Å². The molecule has 1 aromatic carbocycles. The summed E-state index contributed by atoms with van der Waals surface area (Å²) < 4.78 is 10.8. The van der Waals surface area contributed by atoms with Gasteiger partial charge in [0.1, 0.15) is 9.88 Å². The van der Waals surface area contributed by atoms with Crippen LogP contribution in [0.25, 0.3) is 10.6 Å². The van der Waals surface area contributed by atoms with Crippen molar-refractivity contribution in [2.45, 2.75) is 13.8 Å². The smallest absolute Gasteiger partial charge is 0.267 e. The highest BCUT2D eigenvalue weighted by Crippen LogP contribution is 2.32. The van der Waals surface area contributed by atoms with Gasteiger partial charge in [0.25, 0.3) is 5.91 Å². The molecule has 0 spiro atoms. The lowest BCUT2D eigenvalue weighted by molar-refractivity contribution is 0.103. The number of methoxy groups -OCH3 is 1. The van der Waals surface area contributed by atoms with E-state index < -0.39 is 0 Å². The second kappa shape index (κ2) is 7.67. The lowest BCUT2D eigenvalue weighted by Crippen LogP contribution is -2.11. The molecule has 3 aromatic rings. The summed E-state index contributed by atoms with van der Waals surface area (Å²) in [6, 6.07) is 7.33. The normalized spacial score (nSPS) is 10.5. The summed E-state index contributed by atoms with van der Waals surface area (Å²) >= 11 is 3.00. The van der Waals surface area contributed by atoms with Crippen LogP contribution in [0.5, 0.6) is 11.5 Å². The van der Waals surface area contributed by atoms with Gasteiger partial charge in [0, 0.05) is 22.7 Å². The Hall–Kier alpha value is -2.38. The third kappa shape index (κ3) is 3.83. The molecule has 0 aliphatic carbocycles. The van der Waals surface area contributed by atoms with E-state index in [2.05, 4.69) is 10.3 Å². The van der Waals surface area contributed by atoms with Crippen LogP contribution < -0.4 is 14.8 Å². The van der Waals surface area contributed by atoms with Gasteiger partial charge in [0.15, 0.2) is 11.5 Å². The summed E-state index contributed by atoms with van der Waals surface area (Å²) in [4.78, 5) is 17.7. The Morgan fingerprint density at radius 3 is 2.80 bits per heavy atom. The van der Waals surface area contributed by atoms with Crippen LogP contribution in [0.3, 0.4) is 0 Å². The molecule has 2 heterocycles. The molecule has 25 heavy (non-hydrogen) atoms. The van der Waals surface area contributed by atoms with Crippen molar-refractivity contribution in [1.29, 1.82) is 0 Å². The van der Waals surface area contributed by atoms with E-state index in [-0.39, 0.29) is 5.91 Å². The number of thiophene rings is 1. The van der Waals surface area contributed by atoms with Gasteiger partial charge < -0.3 is 14.8 Å². The number of nitrogens with zero attached hydrogens (tertiary/aromatic N) is 1. The highest BCUT2D eigenvalue weighted by Gasteiger charge is 2.17. The second-order valence-electron chi connectivity index (χ2n) is 5.20. The molecular weight excluding hydrogens is 356 g/mol. The number of rotatable bonds is 6. The number of aromatic nitrogens is 1. The van der Waals surface area contributed by atoms with E-state index in [1.165, 1.54) is 11.3 Å². The van der Waals surface area contributed by atoms with Crippen LogP contribution in [0.15, 0.2) is 35.0 Å². The molecule has 2 aromatic heterocycles. The molecule has 0 aliphatic heterocycles. The number of carbonyl (C=O) groups excluding carboxylic acids is 1. The zero-order valence-electron chi connectivity index (χ0n) is 14.2. The van der Waals surface area contributed by atoms with Gasteiger partial charge in [-0.25, -0.2) is 4.98 Å². The Morgan fingerprint density at radius 2 is 2.12 bits per heavy atom. The minimum absolute atomic E-state index is 0.178. The number of ether oxygens (including phenoxy) is 2. The van der Waals surface area contributed by atoms with Crippen LogP contribution in [0.2, 0.25) is 0 Å². The monoisotopic (exact) mass is 374 g/mol.